The van der Waals surface area contributed by atoms with Crippen molar-refractivity contribution >= 4 is 5.91 Å². The molecule has 2 N–H and O–H groups in total. The molecule has 22 heavy (non-hydrogen) atoms. The molecule has 0 radical (unpaired) electrons. The van der Waals surface area contributed by atoms with Gasteiger partial charge in [0.2, 0.25) is 0 Å². The summed E-state index contributed by atoms with van der Waals surface area (Å²) in [6, 6.07) is 2.46. The number of phenolic OH excluding ortho intramolecular Hbond substituents is 1. The van der Waals surface area contributed by atoms with Gasteiger partial charge in [0.25, 0.3) is 5.91 Å². The number of carbonyl (C=O) groups excluding carboxylic acids is 1. The van der Waals surface area contributed by atoms with E-state index in [-0.39, 0.29) is 12.3 Å². The molecule has 2 rings (SSSR count). The summed E-state index contributed by atoms with van der Waals surface area (Å²) in [4.78, 5) is 14.1. The lowest BCUT2D eigenvalue weighted by Gasteiger charge is -2.22. The predicted octanol–water partition coefficient (Wildman–Crippen LogP) is 2.40. The average Bonchev–Trinajstić information content (AvgIpc) is 2.45. The van der Waals surface area contributed by atoms with Gasteiger partial charge in [-0.25, -0.2) is 0 Å². The van der Waals surface area contributed by atoms with Crippen LogP contribution in [0.5, 0.6) is 5.75 Å². The summed E-state index contributed by atoms with van der Waals surface area (Å²) in [5.74, 6) is -1.22. The standard InChI is InChI=1S/C15H17F3N2O2/c1-20-6-4-10(5-7-20)9-19-14(22)12-8-11(21)2-3-13(12)15(16,17)18/h2-4,8,21H,5-7,9H2,1H3,(H,19,22). The van der Waals surface area contributed by atoms with Crippen molar-refractivity contribution in [2.75, 3.05) is 26.7 Å². The number of rotatable bonds is 3. The summed E-state index contributed by atoms with van der Waals surface area (Å²) in [7, 11) is 1.97. The molecule has 1 aromatic rings. The quantitative estimate of drug-likeness (QED) is 0.843. The van der Waals surface area contributed by atoms with Crippen molar-refractivity contribution < 1.29 is 23.1 Å². The van der Waals surface area contributed by atoms with Gasteiger partial charge < -0.3 is 15.3 Å². The molecule has 0 aromatic heterocycles. The molecular weight excluding hydrogens is 297 g/mol. The van der Waals surface area contributed by atoms with E-state index in [0.29, 0.717) is 6.07 Å². The minimum atomic E-state index is -4.65. The molecule has 0 spiro atoms. The Bertz CT molecular complexity index is 597. The van der Waals surface area contributed by atoms with Crippen molar-refractivity contribution in [2.45, 2.75) is 12.6 Å². The second kappa shape index (κ2) is 6.39. The van der Waals surface area contributed by atoms with Gasteiger partial charge in [-0.2, -0.15) is 13.2 Å². The lowest BCUT2D eigenvalue weighted by molar-refractivity contribution is -0.137. The Morgan fingerprint density at radius 2 is 2.14 bits per heavy atom. The van der Waals surface area contributed by atoms with E-state index in [1.807, 2.05) is 13.1 Å². The number of halogens is 3. The fraction of sp³-hybridized carbons (Fsp3) is 0.400. The predicted molar refractivity (Wildman–Crippen MR) is 75.6 cm³/mol. The van der Waals surface area contributed by atoms with Crippen LogP contribution in [0.4, 0.5) is 13.2 Å². The number of benzene rings is 1. The molecule has 120 valence electrons. The number of aromatic hydroxyl groups is 1. The van der Waals surface area contributed by atoms with Crippen LogP contribution in [0.1, 0.15) is 22.3 Å². The number of nitrogens with one attached hydrogen (secondary N) is 1. The van der Waals surface area contributed by atoms with Gasteiger partial charge in [0.15, 0.2) is 0 Å². The Morgan fingerprint density at radius 1 is 1.41 bits per heavy atom. The zero-order valence-electron chi connectivity index (χ0n) is 12.1. The van der Waals surface area contributed by atoms with Crippen LogP contribution in [-0.4, -0.2) is 42.6 Å². The zero-order chi connectivity index (χ0) is 16.3. The first-order valence-electron chi connectivity index (χ1n) is 6.82. The largest absolute Gasteiger partial charge is 0.508 e. The maximum atomic E-state index is 12.9. The van der Waals surface area contributed by atoms with E-state index in [1.54, 1.807) is 0 Å². The fourth-order valence-electron chi connectivity index (χ4n) is 2.23. The van der Waals surface area contributed by atoms with E-state index in [0.717, 1.165) is 37.2 Å². The third-order valence-electron chi connectivity index (χ3n) is 3.54. The zero-order valence-corrected chi connectivity index (χ0v) is 12.1. The smallest absolute Gasteiger partial charge is 0.417 e. The normalized spacial score (nSPS) is 16.3. The molecule has 0 atom stereocenters. The highest BCUT2D eigenvalue weighted by Crippen LogP contribution is 2.33. The SMILES string of the molecule is CN1CC=C(CNC(=O)c2cc(O)ccc2C(F)(F)F)CC1. The van der Waals surface area contributed by atoms with E-state index in [9.17, 15) is 23.1 Å². The summed E-state index contributed by atoms with van der Waals surface area (Å²) in [6.07, 6.45) is -1.92. The Labute approximate surface area is 126 Å². The average molecular weight is 314 g/mol. The molecule has 1 aromatic carbocycles. The monoisotopic (exact) mass is 314 g/mol. The third-order valence-corrected chi connectivity index (χ3v) is 3.54. The van der Waals surface area contributed by atoms with Crippen LogP contribution in [0, 0.1) is 0 Å². The highest BCUT2D eigenvalue weighted by atomic mass is 19.4. The Balaban J connectivity index is 2.11. The van der Waals surface area contributed by atoms with Crippen LogP contribution < -0.4 is 5.32 Å². The van der Waals surface area contributed by atoms with Gasteiger partial charge in [0.05, 0.1) is 11.1 Å². The lowest BCUT2D eigenvalue weighted by Crippen LogP contribution is -2.31. The van der Waals surface area contributed by atoms with Gasteiger partial charge in [0, 0.05) is 19.6 Å². The minimum Gasteiger partial charge on any atom is -0.508 e. The summed E-state index contributed by atoms with van der Waals surface area (Å²) in [6.45, 7) is 1.81. The second-order valence-corrected chi connectivity index (χ2v) is 5.28. The lowest BCUT2D eigenvalue weighted by atomic mass is 10.0. The van der Waals surface area contributed by atoms with Gasteiger partial charge in [-0.1, -0.05) is 11.6 Å². The number of carbonyl (C=O) groups is 1. The van der Waals surface area contributed by atoms with Crippen molar-refractivity contribution in [3.63, 3.8) is 0 Å². The highest BCUT2D eigenvalue weighted by Gasteiger charge is 2.35. The first-order chi connectivity index (χ1) is 10.3. The third kappa shape index (κ3) is 4.00. The molecule has 4 nitrogen and oxygen atoms in total. The molecule has 0 fully saturated rings. The summed E-state index contributed by atoms with van der Waals surface area (Å²) in [5, 5.41) is 11.8. The van der Waals surface area contributed by atoms with Crippen molar-refractivity contribution in [3.05, 3.63) is 41.0 Å². The molecule has 1 heterocycles. The fourth-order valence-corrected chi connectivity index (χ4v) is 2.23. The van der Waals surface area contributed by atoms with E-state index >= 15 is 0 Å². The van der Waals surface area contributed by atoms with E-state index in [1.165, 1.54) is 0 Å². The number of amides is 1. The minimum absolute atomic E-state index is 0.208. The van der Waals surface area contributed by atoms with Crippen LogP contribution in [-0.2, 0) is 6.18 Å². The number of alkyl halides is 3. The maximum Gasteiger partial charge on any atom is 0.417 e. The van der Waals surface area contributed by atoms with Crippen molar-refractivity contribution in [1.82, 2.24) is 10.2 Å². The Kier molecular flexibility index (Phi) is 4.75. The first-order valence-corrected chi connectivity index (χ1v) is 6.82. The first kappa shape index (κ1) is 16.4. The van der Waals surface area contributed by atoms with Crippen molar-refractivity contribution in [1.29, 1.82) is 0 Å². The Hall–Kier alpha value is -2.02. The number of nitrogens with zero attached hydrogens (tertiary/aromatic N) is 1. The molecule has 0 aliphatic carbocycles. The number of likely N-dealkylation sites (N-methyl/N-ethyl adjacent to an activating group) is 1. The number of phenols is 1. The maximum absolute atomic E-state index is 12.9. The van der Waals surface area contributed by atoms with E-state index in [4.69, 9.17) is 0 Å². The molecule has 1 amide bonds. The van der Waals surface area contributed by atoms with Crippen LogP contribution in [0.2, 0.25) is 0 Å². The number of hydrogen-bond donors (Lipinski definition) is 2. The second-order valence-electron chi connectivity index (χ2n) is 5.28. The Morgan fingerprint density at radius 3 is 2.73 bits per heavy atom. The molecule has 1 aliphatic heterocycles. The van der Waals surface area contributed by atoms with Gasteiger partial charge in [-0.15, -0.1) is 0 Å². The molecule has 0 saturated heterocycles. The van der Waals surface area contributed by atoms with Crippen LogP contribution in [0.25, 0.3) is 0 Å². The molecule has 0 bridgehead atoms. The van der Waals surface area contributed by atoms with Gasteiger partial charge in [-0.05, 0) is 31.7 Å². The van der Waals surface area contributed by atoms with Crippen LogP contribution >= 0.6 is 0 Å². The molecule has 7 heteroatoms. The molecule has 0 saturated carbocycles. The van der Waals surface area contributed by atoms with Crippen LogP contribution in [0.15, 0.2) is 29.8 Å². The molecule has 0 unspecified atom stereocenters. The summed E-state index contributed by atoms with van der Waals surface area (Å²) >= 11 is 0. The molecule has 1 aliphatic rings. The summed E-state index contributed by atoms with van der Waals surface area (Å²) in [5.41, 5.74) is -0.638. The van der Waals surface area contributed by atoms with Gasteiger partial charge in [-0.3, -0.25) is 4.79 Å². The van der Waals surface area contributed by atoms with Gasteiger partial charge in [0.1, 0.15) is 5.75 Å². The van der Waals surface area contributed by atoms with Crippen LogP contribution in [0.3, 0.4) is 0 Å². The highest BCUT2D eigenvalue weighted by molar-refractivity contribution is 5.96. The van der Waals surface area contributed by atoms with Gasteiger partial charge >= 0.3 is 6.18 Å². The van der Waals surface area contributed by atoms with Crippen molar-refractivity contribution in [2.24, 2.45) is 0 Å². The van der Waals surface area contributed by atoms with E-state index in [2.05, 4.69) is 10.2 Å². The van der Waals surface area contributed by atoms with Crippen molar-refractivity contribution in [3.8, 4) is 5.75 Å². The summed E-state index contributed by atoms with van der Waals surface area (Å²) < 4.78 is 38.7. The van der Waals surface area contributed by atoms with E-state index < -0.39 is 23.2 Å². The number of hydrogen-bond acceptors (Lipinski definition) is 3. The topological polar surface area (TPSA) is 52.6 Å². The molecular formula is C15H17F3N2O2.